The van der Waals surface area contributed by atoms with Gasteiger partial charge in [-0.15, -0.1) is 35.3 Å². The fourth-order valence-corrected chi connectivity index (χ4v) is 3.71. The van der Waals surface area contributed by atoms with Gasteiger partial charge in [0.25, 0.3) is 0 Å². The van der Waals surface area contributed by atoms with Gasteiger partial charge in [0.05, 0.1) is 11.6 Å². The monoisotopic (exact) mass is 535 g/mol. The third kappa shape index (κ3) is 7.30. The van der Waals surface area contributed by atoms with Crippen LogP contribution in [0.5, 0.6) is 0 Å². The maximum Gasteiger partial charge on any atom is 0.434 e. The molecule has 1 aromatic heterocycles. The molecule has 0 radical (unpaired) electrons. The molecule has 1 aliphatic rings. The summed E-state index contributed by atoms with van der Waals surface area (Å²) < 4.78 is 43.3. The molecule has 162 valence electrons. The number of halogens is 4. The lowest BCUT2D eigenvalue weighted by Crippen LogP contribution is -2.51. The summed E-state index contributed by atoms with van der Waals surface area (Å²) in [7, 11) is 4.11. The summed E-state index contributed by atoms with van der Waals surface area (Å²) in [6, 6.07) is 0. The van der Waals surface area contributed by atoms with Gasteiger partial charge in [0.1, 0.15) is 0 Å². The number of likely N-dealkylation sites (N-methyl/N-ethyl adjacent to an activating group) is 1. The van der Waals surface area contributed by atoms with Gasteiger partial charge in [-0.2, -0.15) is 13.2 Å². The summed E-state index contributed by atoms with van der Waals surface area (Å²) >= 11 is 1.03. The van der Waals surface area contributed by atoms with Crippen molar-refractivity contribution in [3.05, 3.63) is 16.1 Å². The average molecular weight is 535 g/mol. The summed E-state index contributed by atoms with van der Waals surface area (Å²) in [6.07, 6.45) is -2.13. The quantitative estimate of drug-likeness (QED) is 0.320. The zero-order valence-corrected chi connectivity index (χ0v) is 19.6. The predicted octanol–water partition coefficient (Wildman–Crippen LogP) is 2.99. The summed E-state index contributed by atoms with van der Waals surface area (Å²) in [5.74, 6) is 0.665. The second-order valence-electron chi connectivity index (χ2n) is 6.73. The Kier molecular flexibility index (Phi) is 10.4. The lowest BCUT2D eigenvalue weighted by Gasteiger charge is -2.41. The van der Waals surface area contributed by atoms with Crippen molar-refractivity contribution >= 4 is 41.3 Å². The van der Waals surface area contributed by atoms with E-state index in [-0.39, 0.29) is 29.5 Å². The van der Waals surface area contributed by atoms with E-state index < -0.39 is 11.9 Å². The molecule has 0 bridgehead atoms. The van der Waals surface area contributed by atoms with Gasteiger partial charge in [-0.05, 0) is 33.9 Å². The zero-order valence-electron chi connectivity index (χ0n) is 16.4. The summed E-state index contributed by atoms with van der Waals surface area (Å²) in [6.45, 7) is 5.23. The molecule has 0 atom stereocenters. The lowest BCUT2D eigenvalue weighted by molar-refractivity contribution is -0.140. The van der Waals surface area contributed by atoms with Crippen LogP contribution in [0.25, 0.3) is 0 Å². The largest absolute Gasteiger partial charge is 0.434 e. The Morgan fingerprint density at radius 1 is 1.32 bits per heavy atom. The van der Waals surface area contributed by atoms with Gasteiger partial charge in [-0.1, -0.05) is 0 Å². The standard InChI is InChI=1S/C17H28F3N5OS.HI/c1-4-21-15(23-12-16(25(2)3)6-9-26-10-7-16)22-8-5-14-24-13(11-27-14)17(18,19)20;/h11H,4-10,12H2,1-3H3,(H2,21,22,23);1H. The number of nitrogens with zero attached hydrogens (tertiary/aromatic N) is 3. The number of aromatic nitrogens is 1. The molecule has 1 fully saturated rings. The van der Waals surface area contributed by atoms with Gasteiger partial charge >= 0.3 is 6.18 Å². The van der Waals surface area contributed by atoms with E-state index in [1.807, 2.05) is 6.92 Å². The molecule has 0 aromatic carbocycles. The first kappa shape index (κ1) is 25.4. The number of thiazole rings is 1. The molecule has 28 heavy (non-hydrogen) atoms. The van der Waals surface area contributed by atoms with Crippen LogP contribution in [0.2, 0.25) is 0 Å². The minimum Gasteiger partial charge on any atom is -0.381 e. The topological polar surface area (TPSA) is 61.8 Å². The van der Waals surface area contributed by atoms with E-state index in [0.717, 1.165) is 42.8 Å². The Balaban J connectivity index is 0.00000392. The smallest absolute Gasteiger partial charge is 0.381 e. The average Bonchev–Trinajstić information content (AvgIpc) is 3.10. The van der Waals surface area contributed by atoms with Gasteiger partial charge in [0, 0.05) is 43.6 Å². The SMILES string of the molecule is CCNC(=NCC1(N(C)C)CCOCC1)NCCc1nc(C(F)(F)F)cs1.I. The van der Waals surface area contributed by atoms with Crippen molar-refractivity contribution in [3.8, 4) is 0 Å². The Bertz CT molecular complexity index is 618. The van der Waals surface area contributed by atoms with Gasteiger partial charge in [0.2, 0.25) is 0 Å². The van der Waals surface area contributed by atoms with Crippen molar-refractivity contribution in [2.75, 3.05) is 46.9 Å². The van der Waals surface area contributed by atoms with Gasteiger partial charge in [-0.25, -0.2) is 4.98 Å². The summed E-state index contributed by atoms with van der Waals surface area (Å²) in [5.41, 5.74) is -0.854. The molecule has 1 aromatic rings. The van der Waals surface area contributed by atoms with Gasteiger partial charge in [0.15, 0.2) is 11.7 Å². The fourth-order valence-electron chi connectivity index (χ4n) is 2.91. The highest BCUT2D eigenvalue weighted by atomic mass is 127. The molecule has 0 amide bonds. The number of alkyl halides is 3. The fraction of sp³-hybridized carbons (Fsp3) is 0.765. The molecule has 2 N–H and O–H groups in total. The molecule has 11 heteroatoms. The van der Waals surface area contributed by atoms with Crippen LogP contribution >= 0.6 is 35.3 Å². The molecular weight excluding hydrogens is 506 g/mol. The molecule has 2 heterocycles. The van der Waals surface area contributed by atoms with Crippen molar-refractivity contribution in [1.82, 2.24) is 20.5 Å². The molecule has 0 aliphatic carbocycles. The number of aliphatic imine (C=N–C) groups is 1. The highest BCUT2D eigenvalue weighted by Gasteiger charge is 2.35. The first-order chi connectivity index (χ1) is 12.8. The third-order valence-corrected chi connectivity index (χ3v) is 5.63. The normalized spacial score (nSPS) is 17.3. The highest BCUT2D eigenvalue weighted by Crippen LogP contribution is 2.30. The molecule has 1 aliphatic heterocycles. The van der Waals surface area contributed by atoms with E-state index in [0.29, 0.717) is 37.0 Å². The maximum absolute atomic E-state index is 12.6. The van der Waals surface area contributed by atoms with E-state index in [1.165, 1.54) is 0 Å². The van der Waals surface area contributed by atoms with Crippen molar-refractivity contribution < 1.29 is 17.9 Å². The molecule has 2 rings (SSSR count). The Morgan fingerprint density at radius 2 is 2.00 bits per heavy atom. The van der Waals surface area contributed by atoms with Crippen LogP contribution in [0.15, 0.2) is 10.4 Å². The predicted molar refractivity (Wildman–Crippen MR) is 117 cm³/mol. The summed E-state index contributed by atoms with van der Waals surface area (Å²) in [5, 5.41) is 7.89. The number of ether oxygens (including phenoxy) is 1. The van der Waals surface area contributed by atoms with Crippen LogP contribution in [0.4, 0.5) is 13.2 Å². The first-order valence-electron chi connectivity index (χ1n) is 9.06. The third-order valence-electron chi connectivity index (χ3n) is 4.72. The minimum atomic E-state index is -4.39. The van der Waals surface area contributed by atoms with Crippen molar-refractivity contribution in [2.24, 2.45) is 4.99 Å². The molecule has 6 nitrogen and oxygen atoms in total. The maximum atomic E-state index is 12.6. The van der Waals surface area contributed by atoms with Crippen molar-refractivity contribution in [1.29, 1.82) is 0 Å². The molecule has 0 unspecified atom stereocenters. The first-order valence-corrected chi connectivity index (χ1v) is 9.94. The van der Waals surface area contributed by atoms with Crippen molar-refractivity contribution in [3.63, 3.8) is 0 Å². The number of hydrogen-bond acceptors (Lipinski definition) is 5. The molecular formula is C17H29F3IN5OS. The van der Waals surface area contributed by atoms with E-state index in [2.05, 4.69) is 34.6 Å². The highest BCUT2D eigenvalue weighted by molar-refractivity contribution is 14.0. The van der Waals surface area contributed by atoms with Crippen LogP contribution in [0.3, 0.4) is 0 Å². The van der Waals surface area contributed by atoms with Crippen LogP contribution in [0, 0.1) is 0 Å². The number of rotatable bonds is 7. The lowest BCUT2D eigenvalue weighted by atomic mass is 9.89. The van der Waals surface area contributed by atoms with E-state index in [9.17, 15) is 13.2 Å². The summed E-state index contributed by atoms with van der Waals surface area (Å²) in [4.78, 5) is 10.6. The molecule has 0 spiro atoms. The Hall–Kier alpha value is -0.660. The van der Waals surface area contributed by atoms with Crippen molar-refractivity contribution in [2.45, 2.75) is 37.9 Å². The Morgan fingerprint density at radius 3 is 2.54 bits per heavy atom. The minimum absolute atomic E-state index is 0. The van der Waals surface area contributed by atoms with E-state index in [4.69, 9.17) is 9.73 Å². The van der Waals surface area contributed by atoms with Gasteiger partial charge in [-0.3, -0.25) is 4.99 Å². The van der Waals surface area contributed by atoms with E-state index >= 15 is 0 Å². The number of nitrogens with one attached hydrogen (secondary N) is 2. The van der Waals surface area contributed by atoms with Crippen LogP contribution in [-0.2, 0) is 17.3 Å². The van der Waals surface area contributed by atoms with Gasteiger partial charge < -0.3 is 20.3 Å². The van der Waals surface area contributed by atoms with Crippen LogP contribution in [-0.4, -0.2) is 68.3 Å². The molecule has 0 saturated carbocycles. The zero-order chi connectivity index (χ0) is 19.9. The number of guanidine groups is 1. The van der Waals surface area contributed by atoms with Crippen LogP contribution in [0.1, 0.15) is 30.5 Å². The van der Waals surface area contributed by atoms with E-state index in [1.54, 1.807) is 0 Å². The second-order valence-corrected chi connectivity index (χ2v) is 7.67. The number of hydrogen-bond donors (Lipinski definition) is 2. The Labute approximate surface area is 185 Å². The van der Waals surface area contributed by atoms with Crippen LogP contribution < -0.4 is 10.6 Å². The second kappa shape index (κ2) is 11.5. The molecule has 1 saturated heterocycles.